The lowest BCUT2D eigenvalue weighted by Gasteiger charge is -2.26. The van der Waals surface area contributed by atoms with E-state index in [1.165, 1.54) is 14.0 Å². The van der Waals surface area contributed by atoms with Crippen molar-refractivity contribution in [2.24, 2.45) is 0 Å². The van der Waals surface area contributed by atoms with E-state index < -0.39 is 6.16 Å². The first-order valence-corrected chi connectivity index (χ1v) is 7.48. The average molecular weight is 328 g/mol. The van der Waals surface area contributed by atoms with Crippen LogP contribution in [-0.2, 0) is 14.9 Å². The average Bonchev–Trinajstić information content (AvgIpc) is 2.55. The van der Waals surface area contributed by atoms with Gasteiger partial charge >= 0.3 is 12.1 Å². The lowest BCUT2D eigenvalue weighted by Crippen LogP contribution is -2.19. The number of methoxy groups -OCH3 is 1. The first-order valence-electron chi connectivity index (χ1n) is 7.48. The van der Waals surface area contributed by atoms with Gasteiger partial charge < -0.3 is 14.2 Å². The molecule has 0 unspecified atom stereocenters. The summed E-state index contributed by atoms with van der Waals surface area (Å²) in [6, 6.07) is 14.6. The molecule has 0 aromatic heterocycles. The zero-order chi connectivity index (χ0) is 17.7. The highest BCUT2D eigenvalue weighted by Crippen LogP contribution is 2.33. The van der Waals surface area contributed by atoms with E-state index in [1.54, 1.807) is 24.3 Å². The van der Waals surface area contributed by atoms with Gasteiger partial charge in [-0.1, -0.05) is 38.1 Å². The third kappa shape index (κ3) is 4.13. The number of carbonyl (C=O) groups is 2. The fourth-order valence-corrected chi connectivity index (χ4v) is 2.35. The van der Waals surface area contributed by atoms with E-state index in [-0.39, 0.29) is 11.4 Å². The lowest BCUT2D eigenvalue weighted by atomic mass is 9.78. The van der Waals surface area contributed by atoms with Crippen molar-refractivity contribution in [2.75, 3.05) is 7.11 Å². The maximum Gasteiger partial charge on any atom is 0.513 e. The monoisotopic (exact) mass is 328 g/mol. The minimum absolute atomic E-state index is 0.265. The van der Waals surface area contributed by atoms with Crippen LogP contribution >= 0.6 is 0 Å². The van der Waals surface area contributed by atoms with Crippen LogP contribution in [0, 0.1) is 0 Å². The summed E-state index contributed by atoms with van der Waals surface area (Å²) in [4.78, 5) is 22.1. The molecule has 2 aromatic carbocycles. The molecule has 0 atom stereocenters. The van der Waals surface area contributed by atoms with Crippen molar-refractivity contribution in [1.29, 1.82) is 0 Å². The molecule has 0 heterocycles. The summed E-state index contributed by atoms with van der Waals surface area (Å²) in [5.74, 6) is 0.596. The Hall–Kier alpha value is -2.82. The number of hydrogen-bond donors (Lipinski definition) is 0. The Bertz CT molecular complexity index is 714. The van der Waals surface area contributed by atoms with Crippen LogP contribution in [0.15, 0.2) is 48.5 Å². The maximum atomic E-state index is 11.1. The fourth-order valence-electron chi connectivity index (χ4n) is 2.35. The van der Waals surface area contributed by atoms with Crippen LogP contribution in [0.2, 0.25) is 0 Å². The van der Waals surface area contributed by atoms with E-state index in [2.05, 4.69) is 18.6 Å². The van der Waals surface area contributed by atoms with Gasteiger partial charge in [-0.25, -0.2) is 4.79 Å². The van der Waals surface area contributed by atoms with Crippen LogP contribution in [0.1, 0.15) is 31.9 Å². The lowest BCUT2D eigenvalue weighted by molar-refractivity contribution is -0.131. The smallest absolute Gasteiger partial charge is 0.437 e. The Morgan fingerprint density at radius 1 is 0.792 bits per heavy atom. The molecule has 0 saturated carbocycles. The normalized spacial score (nSPS) is 10.8. The van der Waals surface area contributed by atoms with Crippen LogP contribution in [0.25, 0.3) is 0 Å². The van der Waals surface area contributed by atoms with Gasteiger partial charge in [-0.2, -0.15) is 0 Å². The maximum absolute atomic E-state index is 11.1. The molecular weight excluding hydrogens is 308 g/mol. The predicted molar refractivity (Wildman–Crippen MR) is 89.4 cm³/mol. The molecule has 0 fully saturated rings. The number of benzene rings is 2. The standard InChI is InChI=1S/C19H20O5/c1-13(20)23-16-9-5-14(6-10-16)19(2,3)15-7-11-17(12-8-15)24-18(21)22-4/h5-12H,1-4H3. The third-order valence-electron chi connectivity index (χ3n) is 3.78. The Morgan fingerprint density at radius 3 is 1.58 bits per heavy atom. The quantitative estimate of drug-likeness (QED) is 0.481. The summed E-state index contributed by atoms with van der Waals surface area (Å²) in [5.41, 5.74) is 1.86. The summed E-state index contributed by atoms with van der Waals surface area (Å²) in [6.07, 6.45) is -0.747. The van der Waals surface area contributed by atoms with Gasteiger partial charge in [-0.15, -0.1) is 0 Å². The summed E-state index contributed by atoms with van der Waals surface area (Å²) >= 11 is 0. The van der Waals surface area contributed by atoms with Crippen molar-refractivity contribution < 1.29 is 23.8 Å². The largest absolute Gasteiger partial charge is 0.513 e. The summed E-state index contributed by atoms with van der Waals surface area (Å²) in [5, 5.41) is 0. The molecule has 126 valence electrons. The minimum Gasteiger partial charge on any atom is -0.437 e. The van der Waals surface area contributed by atoms with E-state index in [1.807, 2.05) is 24.3 Å². The topological polar surface area (TPSA) is 61.8 Å². The van der Waals surface area contributed by atoms with Crippen LogP contribution < -0.4 is 9.47 Å². The van der Waals surface area contributed by atoms with Crippen molar-refractivity contribution in [3.63, 3.8) is 0 Å². The van der Waals surface area contributed by atoms with Gasteiger partial charge in [0.1, 0.15) is 11.5 Å². The number of rotatable bonds is 4. The van der Waals surface area contributed by atoms with Crippen molar-refractivity contribution in [1.82, 2.24) is 0 Å². The van der Waals surface area contributed by atoms with Gasteiger partial charge in [-0.05, 0) is 35.4 Å². The molecule has 0 aliphatic carbocycles. The molecule has 2 rings (SSSR count). The predicted octanol–water partition coefficient (Wildman–Crippen LogP) is 4.08. The Kier molecular flexibility index (Phi) is 5.24. The second kappa shape index (κ2) is 7.17. The molecule has 0 aliphatic heterocycles. The van der Waals surface area contributed by atoms with E-state index in [4.69, 9.17) is 9.47 Å². The van der Waals surface area contributed by atoms with E-state index in [0.29, 0.717) is 11.5 Å². The van der Waals surface area contributed by atoms with Gasteiger partial charge in [0.15, 0.2) is 0 Å². The molecule has 0 amide bonds. The van der Waals surface area contributed by atoms with Crippen LogP contribution in [0.4, 0.5) is 4.79 Å². The van der Waals surface area contributed by atoms with Crippen molar-refractivity contribution in [2.45, 2.75) is 26.2 Å². The van der Waals surface area contributed by atoms with Gasteiger partial charge in [-0.3, -0.25) is 4.79 Å². The first kappa shape index (κ1) is 17.5. The molecule has 5 nitrogen and oxygen atoms in total. The van der Waals surface area contributed by atoms with Gasteiger partial charge in [0, 0.05) is 12.3 Å². The Balaban J connectivity index is 2.19. The van der Waals surface area contributed by atoms with Crippen LogP contribution in [-0.4, -0.2) is 19.2 Å². The van der Waals surface area contributed by atoms with E-state index >= 15 is 0 Å². The molecular formula is C19H20O5. The highest BCUT2D eigenvalue weighted by atomic mass is 16.7. The van der Waals surface area contributed by atoms with E-state index in [9.17, 15) is 9.59 Å². The first-order chi connectivity index (χ1) is 11.3. The summed E-state index contributed by atoms with van der Waals surface area (Å²) < 4.78 is 14.5. The van der Waals surface area contributed by atoms with E-state index in [0.717, 1.165) is 11.1 Å². The molecule has 0 aliphatic rings. The van der Waals surface area contributed by atoms with Gasteiger partial charge in [0.05, 0.1) is 7.11 Å². The summed E-state index contributed by atoms with van der Waals surface area (Å²) in [6.45, 7) is 5.55. The zero-order valence-corrected chi connectivity index (χ0v) is 14.2. The molecule has 0 bridgehead atoms. The molecule has 0 saturated heterocycles. The van der Waals surface area contributed by atoms with Crippen molar-refractivity contribution in [3.05, 3.63) is 59.7 Å². The second-order valence-corrected chi connectivity index (χ2v) is 5.82. The number of carbonyl (C=O) groups excluding carboxylic acids is 2. The minimum atomic E-state index is -0.747. The van der Waals surface area contributed by atoms with Gasteiger partial charge in [0.25, 0.3) is 0 Å². The van der Waals surface area contributed by atoms with Crippen molar-refractivity contribution >= 4 is 12.1 Å². The Morgan fingerprint density at radius 2 is 1.21 bits per heavy atom. The SMILES string of the molecule is COC(=O)Oc1ccc(C(C)(C)c2ccc(OC(C)=O)cc2)cc1. The number of esters is 1. The zero-order valence-electron chi connectivity index (χ0n) is 14.2. The molecule has 0 spiro atoms. The molecule has 2 aromatic rings. The second-order valence-electron chi connectivity index (χ2n) is 5.82. The third-order valence-corrected chi connectivity index (χ3v) is 3.78. The van der Waals surface area contributed by atoms with Crippen molar-refractivity contribution in [3.8, 4) is 11.5 Å². The highest BCUT2D eigenvalue weighted by Gasteiger charge is 2.23. The van der Waals surface area contributed by atoms with Gasteiger partial charge in [0.2, 0.25) is 0 Å². The number of ether oxygens (including phenoxy) is 3. The van der Waals surface area contributed by atoms with Crippen LogP contribution in [0.3, 0.4) is 0 Å². The molecule has 0 N–H and O–H groups in total. The molecule has 24 heavy (non-hydrogen) atoms. The molecule has 0 radical (unpaired) electrons. The summed E-state index contributed by atoms with van der Waals surface area (Å²) in [7, 11) is 1.26. The molecule has 5 heteroatoms. The number of hydrogen-bond acceptors (Lipinski definition) is 5. The van der Waals surface area contributed by atoms with Crippen LogP contribution in [0.5, 0.6) is 11.5 Å². The fraction of sp³-hybridized carbons (Fsp3) is 0.263. The Labute approximate surface area is 141 Å². The highest BCUT2D eigenvalue weighted by molar-refractivity contribution is 5.69.